The third kappa shape index (κ3) is 5.66. The number of hydrogen-bond donors (Lipinski definition) is 3. The van der Waals surface area contributed by atoms with E-state index < -0.39 is 41.0 Å². The highest BCUT2D eigenvalue weighted by Gasteiger charge is 2.42. The van der Waals surface area contributed by atoms with Gasteiger partial charge in [0.1, 0.15) is 12.1 Å². The summed E-state index contributed by atoms with van der Waals surface area (Å²) in [7, 11) is 0. The molecule has 4 amide bonds. The van der Waals surface area contributed by atoms with Gasteiger partial charge >= 0.3 is 24.0 Å². The maximum atomic E-state index is 13.4. The van der Waals surface area contributed by atoms with E-state index in [4.69, 9.17) is 4.74 Å². The van der Waals surface area contributed by atoms with Crippen molar-refractivity contribution >= 4 is 29.7 Å². The van der Waals surface area contributed by atoms with Crippen LogP contribution < -0.4 is 10.6 Å². The number of carboxylic acids is 1. The summed E-state index contributed by atoms with van der Waals surface area (Å²) >= 11 is 0. The highest BCUT2D eigenvalue weighted by atomic mass is 16.6. The number of aliphatic carboxylic acids is 1. The number of rotatable bonds is 8. The number of benzene rings is 2. The third-order valence-corrected chi connectivity index (χ3v) is 5.45. The quantitative estimate of drug-likeness (QED) is 0.285. The van der Waals surface area contributed by atoms with Gasteiger partial charge in [-0.25, -0.2) is 24.1 Å². The molecule has 188 valence electrons. The zero-order chi connectivity index (χ0) is 26.4. The van der Waals surface area contributed by atoms with Crippen molar-refractivity contribution in [3.05, 3.63) is 87.1 Å². The van der Waals surface area contributed by atoms with Crippen molar-refractivity contribution in [2.24, 2.45) is 0 Å². The van der Waals surface area contributed by atoms with Gasteiger partial charge in [0.05, 0.1) is 17.1 Å². The molecule has 12 heteroatoms. The number of carboxylic acid groups (broad SMARTS) is 1. The number of nitro groups is 1. The number of carbonyl (C=O) groups excluding carboxylic acids is 3. The van der Waals surface area contributed by atoms with Crippen LogP contribution in [0.3, 0.4) is 0 Å². The molecule has 1 aliphatic rings. The Kier molecular flexibility index (Phi) is 8.00. The van der Waals surface area contributed by atoms with Gasteiger partial charge in [0.25, 0.3) is 5.69 Å². The third-order valence-electron chi connectivity index (χ3n) is 5.45. The average Bonchev–Trinajstić information content (AvgIpc) is 2.83. The summed E-state index contributed by atoms with van der Waals surface area (Å²) in [6.07, 6.45) is 0.0446. The number of urea groups is 2. The van der Waals surface area contributed by atoms with Gasteiger partial charge in [-0.2, -0.15) is 0 Å². The Morgan fingerprint density at radius 1 is 1.19 bits per heavy atom. The zero-order valence-electron chi connectivity index (χ0n) is 19.5. The predicted molar refractivity (Wildman–Crippen MR) is 126 cm³/mol. The lowest BCUT2D eigenvalue weighted by Crippen LogP contribution is -2.57. The van der Waals surface area contributed by atoms with E-state index in [2.05, 4.69) is 10.6 Å². The number of non-ortho nitro benzene ring substituents is 1. The van der Waals surface area contributed by atoms with Crippen molar-refractivity contribution in [3.8, 4) is 0 Å². The van der Waals surface area contributed by atoms with Gasteiger partial charge in [0, 0.05) is 24.3 Å². The van der Waals surface area contributed by atoms with Crippen LogP contribution in [0.15, 0.2) is 65.9 Å². The van der Waals surface area contributed by atoms with Crippen LogP contribution in [-0.4, -0.2) is 51.6 Å². The van der Waals surface area contributed by atoms with Crippen molar-refractivity contribution in [3.63, 3.8) is 0 Å². The van der Waals surface area contributed by atoms with Gasteiger partial charge in [-0.1, -0.05) is 42.5 Å². The molecule has 1 heterocycles. The van der Waals surface area contributed by atoms with Gasteiger partial charge in [-0.05, 0) is 25.0 Å². The number of carbonyl (C=O) groups is 4. The number of ether oxygens (including phenoxy) is 1. The number of nitro benzene ring substituents is 1. The Morgan fingerprint density at radius 3 is 2.50 bits per heavy atom. The summed E-state index contributed by atoms with van der Waals surface area (Å²) in [6, 6.07) is 9.01. The monoisotopic (exact) mass is 496 g/mol. The first kappa shape index (κ1) is 25.9. The van der Waals surface area contributed by atoms with Crippen molar-refractivity contribution in [1.29, 1.82) is 0 Å². The van der Waals surface area contributed by atoms with Crippen LogP contribution in [0.2, 0.25) is 0 Å². The van der Waals surface area contributed by atoms with Gasteiger partial charge in [0.15, 0.2) is 0 Å². The zero-order valence-corrected chi connectivity index (χ0v) is 19.5. The van der Waals surface area contributed by atoms with Crippen LogP contribution in [-0.2, 0) is 20.7 Å². The van der Waals surface area contributed by atoms with Crippen LogP contribution in [0, 0.1) is 10.1 Å². The van der Waals surface area contributed by atoms with Crippen molar-refractivity contribution < 1.29 is 33.9 Å². The minimum Gasteiger partial charge on any atom is -0.478 e. The highest BCUT2D eigenvalue weighted by molar-refractivity contribution is 6.02. The Labute approximate surface area is 205 Å². The van der Waals surface area contributed by atoms with E-state index in [0.29, 0.717) is 10.5 Å². The first-order chi connectivity index (χ1) is 17.1. The molecule has 2 aromatic carbocycles. The SMILES string of the molecule is CCOC(=O)[C@H](Cc1ccccc1)NC(=O)N1C(=O)NC(C)=C(C(=O)O)C1c1cccc([N+](=O)[O-])c1. The fraction of sp³-hybridized carbons (Fsp3) is 0.250. The van der Waals surface area contributed by atoms with Gasteiger partial charge in [-0.3, -0.25) is 10.1 Å². The molecule has 2 atom stereocenters. The average molecular weight is 496 g/mol. The molecule has 0 spiro atoms. The fourth-order valence-corrected chi connectivity index (χ4v) is 3.85. The summed E-state index contributed by atoms with van der Waals surface area (Å²) in [6.45, 7) is 2.99. The van der Waals surface area contributed by atoms with Crippen LogP contribution in [0.5, 0.6) is 0 Å². The van der Waals surface area contributed by atoms with Gasteiger partial charge < -0.3 is 20.5 Å². The molecule has 12 nitrogen and oxygen atoms in total. The van der Waals surface area contributed by atoms with E-state index in [1.54, 1.807) is 37.3 Å². The molecule has 0 bridgehead atoms. The summed E-state index contributed by atoms with van der Waals surface area (Å²) in [4.78, 5) is 62.3. The van der Waals surface area contributed by atoms with E-state index in [0.717, 1.165) is 6.07 Å². The maximum absolute atomic E-state index is 13.4. The topological polar surface area (TPSA) is 168 Å². The number of allylic oxidation sites excluding steroid dienone is 1. The van der Waals surface area contributed by atoms with Crippen molar-refractivity contribution in [2.45, 2.75) is 32.4 Å². The number of hydrogen-bond acceptors (Lipinski definition) is 7. The van der Waals surface area contributed by atoms with E-state index in [1.807, 2.05) is 0 Å². The number of nitrogens with one attached hydrogen (secondary N) is 2. The molecule has 1 aliphatic heterocycles. The molecular formula is C24H24N4O8. The molecule has 1 unspecified atom stereocenters. The Balaban J connectivity index is 2.03. The smallest absolute Gasteiger partial charge is 0.335 e. The number of amides is 4. The lowest BCUT2D eigenvalue weighted by molar-refractivity contribution is -0.384. The lowest BCUT2D eigenvalue weighted by Gasteiger charge is -2.36. The normalized spacial score (nSPS) is 16.1. The standard InChI is InChI=1S/C24H24N4O8/c1-3-36-22(31)18(12-15-8-5-4-6-9-15)26-24(33)27-20(16-10-7-11-17(13-16)28(34)35)19(21(29)30)14(2)25-23(27)32/h4-11,13,18,20H,3,12H2,1-2H3,(H,25,32)(H,26,33)(H,29,30)/t18-,20?/m0/s1. The highest BCUT2D eigenvalue weighted by Crippen LogP contribution is 2.35. The molecule has 3 N–H and O–H groups in total. The molecule has 2 aromatic rings. The molecule has 0 radical (unpaired) electrons. The molecule has 0 saturated heterocycles. The van der Waals surface area contributed by atoms with E-state index in [-0.39, 0.29) is 35.5 Å². The number of esters is 1. The summed E-state index contributed by atoms with van der Waals surface area (Å²) in [5, 5.41) is 26.0. The van der Waals surface area contributed by atoms with Crippen molar-refractivity contribution in [1.82, 2.24) is 15.5 Å². The first-order valence-electron chi connectivity index (χ1n) is 10.9. The van der Waals surface area contributed by atoms with Crippen LogP contribution in [0.1, 0.15) is 31.0 Å². The minimum absolute atomic E-state index is 0.0284. The second-order valence-electron chi connectivity index (χ2n) is 7.84. The molecule has 0 aromatic heterocycles. The van der Waals surface area contributed by atoms with E-state index in [1.165, 1.54) is 25.1 Å². The predicted octanol–water partition coefficient (Wildman–Crippen LogP) is 2.90. The van der Waals surface area contributed by atoms with Crippen LogP contribution in [0.25, 0.3) is 0 Å². The van der Waals surface area contributed by atoms with Gasteiger partial charge in [0.2, 0.25) is 0 Å². The fourth-order valence-electron chi connectivity index (χ4n) is 3.85. The summed E-state index contributed by atoms with van der Waals surface area (Å²) in [5.74, 6) is -2.18. The minimum atomic E-state index is -1.50. The molecule has 0 saturated carbocycles. The second-order valence-corrected chi connectivity index (χ2v) is 7.84. The number of nitrogens with zero attached hydrogens (tertiary/aromatic N) is 2. The van der Waals surface area contributed by atoms with Crippen LogP contribution >= 0.6 is 0 Å². The van der Waals surface area contributed by atoms with E-state index >= 15 is 0 Å². The molecule has 36 heavy (non-hydrogen) atoms. The number of imide groups is 1. The van der Waals surface area contributed by atoms with Crippen molar-refractivity contribution in [2.75, 3.05) is 6.61 Å². The van der Waals surface area contributed by atoms with Gasteiger partial charge in [-0.15, -0.1) is 0 Å². The Morgan fingerprint density at radius 2 is 1.89 bits per heavy atom. The summed E-state index contributed by atoms with van der Waals surface area (Å²) < 4.78 is 5.07. The maximum Gasteiger partial charge on any atom is 0.335 e. The summed E-state index contributed by atoms with van der Waals surface area (Å²) in [5.41, 5.74) is -0.00664. The Bertz CT molecular complexity index is 1230. The molecule has 0 aliphatic carbocycles. The molecular weight excluding hydrogens is 472 g/mol. The molecule has 3 rings (SSSR count). The lowest BCUT2D eigenvalue weighted by atomic mass is 9.93. The molecule has 0 fully saturated rings. The first-order valence-corrected chi connectivity index (χ1v) is 10.9. The van der Waals surface area contributed by atoms with E-state index in [9.17, 15) is 34.4 Å². The largest absolute Gasteiger partial charge is 0.478 e. The Hall–Kier alpha value is -4.74. The second kappa shape index (κ2) is 11.1. The van der Waals surface area contributed by atoms with Crippen LogP contribution in [0.4, 0.5) is 15.3 Å².